The van der Waals surface area contributed by atoms with Crippen LogP contribution in [0.2, 0.25) is 0 Å². The normalized spacial score (nSPS) is 20.8. The van der Waals surface area contributed by atoms with Gasteiger partial charge in [0.2, 0.25) is 0 Å². The molecule has 0 spiro atoms. The van der Waals surface area contributed by atoms with Crippen LogP contribution in [0.5, 0.6) is 0 Å². The Labute approximate surface area is 83.7 Å². The van der Waals surface area contributed by atoms with Crippen LogP contribution in [-0.4, -0.2) is 27.0 Å². The average Bonchev–Trinajstić information content (AvgIpc) is 2.93. The summed E-state index contributed by atoms with van der Waals surface area (Å²) in [7, 11) is 1.88. The number of aryl methyl sites for hydroxylation is 1. The van der Waals surface area contributed by atoms with Crippen molar-refractivity contribution in [3.63, 3.8) is 0 Å². The number of nitrogens with zero attached hydrogens (tertiary/aromatic N) is 2. The molecule has 0 saturated heterocycles. The largest absolute Gasteiger partial charge is 0.388 e. The van der Waals surface area contributed by atoms with Crippen LogP contribution in [-0.2, 0) is 13.5 Å². The second kappa shape index (κ2) is 3.37. The SMILES string of the molecule is Cn1cc(CC(O)(CN)C2CC2)cn1. The molecule has 1 heterocycles. The third-order valence-corrected chi connectivity index (χ3v) is 2.96. The van der Waals surface area contributed by atoms with Crippen LogP contribution in [0.4, 0.5) is 0 Å². The Balaban J connectivity index is 2.07. The molecule has 1 aliphatic rings. The summed E-state index contributed by atoms with van der Waals surface area (Å²) in [6, 6.07) is 0. The monoisotopic (exact) mass is 195 g/mol. The van der Waals surface area contributed by atoms with Crippen molar-refractivity contribution in [1.82, 2.24) is 9.78 Å². The summed E-state index contributed by atoms with van der Waals surface area (Å²) in [4.78, 5) is 0. The van der Waals surface area contributed by atoms with Gasteiger partial charge in [-0.05, 0) is 24.3 Å². The van der Waals surface area contributed by atoms with Crippen molar-refractivity contribution >= 4 is 0 Å². The summed E-state index contributed by atoms with van der Waals surface area (Å²) >= 11 is 0. The predicted octanol–water partition coefficient (Wildman–Crippen LogP) is 0.0624. The summed E-state index contributed by atoms with van der Waals surface area (Å²) < 4.78 is 1.75. The van der Waals surface area contributed by atoms with E-state index in [9.17, 15) is 5.11 Å². The van der Waals surface area contributed by atoms with E-state index in [4.69, 9.17) is 5.73 Å². The maximum atomic E-state index is 10.3. The first-order valence-electron chi connectivity index (χ1n) is 5.04. The Morgan fingerprint density at radius 1 is 1.71 bits per heavy atom. The Morgan fingerprint density at radius 2 is 2.43 bits per heavy atom. The van der Waals surface area contributed by atoms with Gasteiger partial charge in [0.1, 0.15) is 0 Å². The predicted molar refractivity (Wildman–Crippen MR) is 53.6 cm³/mol. The second-order valence-corrected chi connectivity index (χ2v) is 4.28. The molecule has 2 rings (SSSR count). The molecule has 1 saturated carbocycles. The van der Waals surface area contributed by atoms with Crippen molar-refractivity contribution in [3.05, 3.63) is 18.0 Å². The Morgan fingerprint density at radius 3 is 2.86 bits per heavy atom. The number of aliphatic hydroxyl groups is 1. The van der Waals surface area contributed by atoms with Gasteiger partial charge >= 0.3 is 0 Å². The molecule has 1 unspecified atom stereocenters. The van der Waals surface area contributed by atoms with Crippen LogP contribution in [0.3, 0.4) is 0 Å². The fraction of sp³-hybridized carbons (Fsp3) is 0.700. The summed E-state index contributed by atoms with van der Waals surface area (Å²) in [5.74, 6) is 0.396. The maximum Gasteiger partial charge on any atom is 0.0838 e. The third-order valence-electron chi connectivity index (χ3n) is 2.96. The van der Waals surface area contributed by atoms with Gasteiger partial charge < -0.3 is 10.8 Å². The first-order chi connectivity index (χ1) is 6.64. The van der Waals surface area contributed by atoms with Gasteiger partial charge in [-0.25, -0.2) is 0 Å². The van der Waals surface area contributed by atoms with Gasteiger partial charge in [-0.1, -0.05) is 0 Å². The van der Waals surface area contributed by atoms with Crippen molar-refractivity contribution in [2.45, 2.75) is 24.9 Å². The number of hydrogen-bond acceptors (Lipinski definition) is 3. The van der Waals surface area contributed by atoms with E-state index in [1.807, 2.05) is 13.2 Å². The van der Waals surface area contributed by atoms with Gasteiger partial charge in [-0.3, -0.25) is 4.68 Å². The fourth-order valence-electron chi connectivity index (χ4n) is 1.92. The lowest BCUT2D eigenvalue weighted by molar-refractivity contribution is 0.0267. The molecule has 3 N–H and O–H groups in total. The first kappa shape index (κ1) is 9.68. The molecule has 78 valence electrons. The lowest BCUT2D eigenvalue weighted by atomic mass is 9.91. The summed E-state index contributed by atoms with van der Waals surface area (Å²) in [6.45, 7) is 0.340. The average molecular weight is 195 g/mol. The van der Waals surface area contributed by atoms with E-state index in [1.165, 1.54) is 0 Å². The maximum absolute atomic E-state index is 10.3. The highest BCUT2D eigenvalue weighted by Gasteiger charge is 2.42. The standard InChI is InChI=1S/C10H17N3O/c1-13-6-8(5-12-13)4-10(14,7-11)9-2-3-9/h5-6,9,14H,2-4,7,11H2,1H3. The molecule has 0 bridgehead atoms. The second-order valence-electron chi connectivity index (χ2n) is 4.28. The molecule has 0 radical (unpaired) electrons. The van der Waals surface area contributed by atoms with Crippen molar-refractivity contribution in [2.24, 2.45) is 18.7 Å². The van der Waals surface area contributed by atoms with Gasteiger partial charge in [0, 0.05) is 26.2 Å². The highest BCUT2D eigenvalue weighted by atomic mass is 16.3. The Kier molecular flexibility index (Phi) is 2.33. The molecular weight excluding hydrogens is 178 g/mol. The van der Waals surface area contributed by atoms with Crippen molar-refractivity contribution in [2.75, 3.05) is 6.54 Å². The quantitative estimate of drug-likeness (QED) is 0.714. The van der Waals surface area contributed by atoms with Gasteiger partial charge in [-0.15, -0.1) is 0 Å². The molecule has 0 aliphatic heterocycles. The molecule has 1 atom stereocenters. The molecule has 0 aromatic carbocycles. The van der Waals surface area contributed by atoms with Gasteiger partial charge in [0.25, 0.3) is 0 Å². The molecule has 1 fully saturated rings. The Hall–Kier alpha value is -0.870. The van der Waals surface area contributed by atoms with Crippen LogP contribution in [0.1, 0.15) is 18.4 Å². The van der Waals surface area contributed by atoms with Crippen molar-refractivity contribution in [1.29, 1.82) is 0 Å². The Bertz CT molecular complexity index is 319. The summed E-state index contributed by atoms with van der Waals surface area (Å²) in [5.41, 5.74) is 5.98. The highest BCUT2D eigenvalue weighted by molar-refractivity contribution is 5.11. The molecule has 1 aromatic heterocycles. The van der Waals surface area contributed by atoms with E-state index in [1.54, 1.807) is 10.9 Å². The number of aromatic nitrogens is 2. The van der Waals surface area contributed by atoms with Crippen LogP contribution < -0.4 is 5.73 Å². The lowest BCUT2D eigenvalue weighted by Crippen LogP contribution is -2.42. The van der Waals surface area contributed by atoms with E-state index >= 15 is 0 Å². The minimum absolute atomic E-state index is 0.340. The molecule has 4 nitrogen and oxygen atoms in total. The topological polar surface area (TPSA) is 64.1 Å². The number of hydrogen-bond donors (Lipinski definition) is 2. The van der Waals surface area contributed by atoms with Gasteiger partial charge in [0.15, 0.2) is 0 Å². The van der Waals surface area contributed by atoms with Crippen LogP contribution in [0.15, 0.2) is 12.4 Å². The van der Waals surface area contributed by atoms with E-state index in [0.29, 0.717) is 18.9 Å². The minimum Gasteiger partial charge on any atom is -0.388 e. The highest BCUT2D eigenvalue weighted by Crippen LogP contribution is 2.40. The third kappa shape index (κ3) is 1.81. The first-order valence-corrected chi connectivity index (χ1v) is 5.04. The van der Waals surface area contributed by atoms with Crippen molar-refractivity contribution < 1.29 is 5.11 Å². The lowest BCUT2D eigenvalue weighted by Gasteiger charge is -2.25. The number of nitrogens with two attached hydrogens (primary N) is 1. The van der Waals surface area contributed by atoms with Crippen LogP contribution in [0.25, 0.3) is 0 Å². The van der Waals surface area contributed by atoms with Crippen LogP contribution in [0, 0.1) is 5.92 Å². The van der Waals surface area contributed by atoms with Crippen LogP contribution >= 0.6 is 0 Å². The molecule has 1 aliphatic carbocycles. The molecule has 4 heteroatoms. The molecule has 1 aromatic rings. The van der Waals surface area contributed by atoms with E-state index in [2.05, 4.69) is 5.10 Å². The molecule has 14 heavy (non-hydrogen) atoms. The van der Waals surface area contributed by atoms with E-state index < -0.39 is 5.60 Å². The minimum atomic E-state index is -0.705. The smallest absolute Gasteiger partial charge is 0.0838 e. The summed E-state index contributed by atoms with van der Waals surface area (Å²) in [5, 5.41) is 14.3. The molecule has 0 amide bonds. The van der Waals surface area contributed by atoms with E-state index in [-0.39, 0.29) is 0 Å². The summed E-state index contributed by atoms with van der Waals surface area (Å²) in [6.07, 6.45) is 6.57. The fourth-order valence-corrected chi connectivity index (χ4v) is 1.92. The van der Waals surface area contributed by atoms with Crippen molar-refractivity contribution in [3.8, 4) is 0 Å². The zero-order valence-corrected chi connectivity index (χ0v) is 8.48. The molecular formula is C10H17N3O. The zero-order chi connectivity index (χ0) is 10.2. The van der Waals surface area contributed by atoms with Gasteiger partial charge in [0.05, 0.1) is 11.8 Å². The zero-order valence-electron chi connectivity index (χ0n) is 8.48. The van der Waals surface area contributed by atoms with Gasteiger partial charge in [-0.2, -0.15) is 5.10 Å². The van der Waals surface area contributed by atoms with E-state index in [0.717, 1.165) is 18.4 Å². The number of rotatable bonds is 4.